The van der Waals surface area contributed by atoms with Crippen molar-refractivity contribution in [3.63, 3.8) is 0 Å². The Bertz CT molecular complexity index is 358. The first kappa shape index (κ1) is 9.03. The Hall–Kier alpha value is -1.06. The maximum atomic E-state index is 12.9. The lowest BCUT2D eigenvalue weighted by Gasteiger charge is -1.99. The van der Waals surface area contributed by atoms with Crippen LogP contribution in [0.25, 0.3) is 10.4 Å². The number of benzene rings is 1. The smallest absolute Gasteiger partial charge is 0.133 e. The molecule has 0 aliphatic rings. The molecule has 1 rings (SSSR count). The molecule has 0 unspecified atom stereocenters. The van der Waals surface area contributed by atoms with E-state index >= 15 is 0 Å². The summed E-state index contributed by atoms with van der Waals surface area (Å²) in [7, 11) is 0. The largest absolute Gasteiger partial charge is 0.206 e. The zero-order chi connectivity index (χ0) is 9.14. The molecule has 5 heteroatoms. The second-order valence-corrected chi connectivity index (χ2v) is 3.10. The number of nitrogens with zero attached hydrogens (tertiary/aromatic N) is 3. The lowest BCUT2D eigenvalue weighted by molar-refractivity contribution is 0.628. The molecule has 0 saturated heterocycles. The van der Waals surface area contributed by atoms with Crippen molar-refractivity contribution in [2.75, 3.05) is 0 Å². The molecular formula is C7H5BrFN3. The van der Waals surface area contributed by atoms with Crippen LogP contribution in [0.15, 0.2) is 21.7 Å². The van der Waals surface area contributed by atoms with Gasteiger partial charge < -0.3 is 0 Å². The predicted molar refractivity (Wildman–Crippen MR) is 47.6 cm³/mol. The van der Waals surface area contributed by atoms with E-state index in [1.54, 1.807) is 6.92 Å². The molecule has 0 fully saturated rings. The molecule has 0 aliphatic carbocycles. The number of aryl methyl sites for hydroxylation is 1. The first-order chi connectivity index (χ1) is 5.65. The highest BCUT2D eigenvalue weighted by Crippen LogP contribution is 2.25. The average Bonchev–Trinajstić information content (AvgIpc) is 2.01. The van der Waals surface area contributed by atoms with Crippen LogP contribution in [-0.4, -0.2) is 0 Å². The summed E-state index contributed by atoms with van der Waals surface area (Å²) in [6.45, 7) is 1.79. The van der Waals surface area contributed by atoms with Crippen molar-refractivity contribution >= 4 is 21.6 Å². The van der Waals surface area contributed by atoms with Gasteiger partial charge in [-0.05, 0) is 30.2 Å². The molecule has 0 spiro atoms. The Morgan fingerprint density at radius 1 is 1.58 bits per heavy atom. The maximum absolute atomic E-state index is 12.9. The van der Waals surface area contributed by atoms with Crippen LogP contribution < -0.4 is 0 Å². The van der Waals surface area contributed by atoms with Crippen molar-refractivity contribution < 1.29 is 4.39 Å². The highest BCUT2D eigenvalue weighted by Gasteiger charge is 2.02. The third kappa shape index (κ3) is 1.75. The van der Waals surface area contributed by atoms with E-state index in [0.29, 0.717) is 4.47 Å². The van der Waals surface area contributed by atoms with Gasteiger partial charge in [0.15, 0.2) is 0 Å². The average molecular weight is 230 g/mol. The Kier molecular flexibility index (Phi) is 2.68. The number of halogens is 2. The molecule has 0 atom stereocenters. The SMILES string of the molecule is Cc1cc(N=[N+]=[N-])c(F)cc1Br. The molecule has 0 radical (unpaired) electrons. The number of azide groups is 1. The molecule has 0 amide bonds. The molecule has 1 aromatic rings. The second-order valence-electron chi connectivity index (χ2n) is 2.24. The van der Waals surface area contributed by atoms with Crippen LogP contribution >= 0.6 is 15.9 Å². The minimum atomic E-state index is -0.523. The normalized spacial score (nSPS) is 9.25. The highest BCUT2D eigenvalue weighted by molar-refractivity contribution is 9.10. The lowest BCUT2D eigenvalue weighted by atomic mass is 10.2. The van der Waals surface area contributed by atoms with Crippen molar-refractivity contribution in [2.24, 2.45) is 5.11 Å². The minimum Gasteiger partial charge on any atom is -0.206 e. The van der Waals surface area contributed by atoms with Crippen LogP contribution in [0.1, 0.15) is 5.56 Å². The molecule has 62 valence electrons. The van der Waals surface area contributed by atoms with Gasteiger partial charge in [0.05, 0.1) is 5.69 Å². The van der Waals surface area contributed by atoms with E-state index in [4.69, 9.17) is 5.53 Å². The van der Waals surface area contributed by atoms with Gasteiger partial charge in [0, 0.05) is 9.38 Å². The number of hydrogen-bond donors (Lipinski definition) is 0. The molecule has 0 bridgehead atoms. The summed E-state index contributed by atoms with van der Waals surface area (Å²) in [4.78, 5) is 2.51. The van der Waals surface area contributed by atoms with Gasteiger partial charge in [0.25, 0.3) is 0 Å². The van der Waals surface area contributed by atoms with Crippen molar-refractivity contribution in [1.82, 2.24) is 0 Å². The van der Waals surface area contributed by atoms with Gasteiger partial charge in [-0.1, -0.05) is 21.0 Å². The van der Waals surface area contributed by atoms with Crippen LogP contribution in [-0.2, 0) is 0 Å². The maximum Gasteiger partial charge on any atom is 0.133 e. The van der Waals surface area contributed by atoms with E-state index in [9.17, 15) is 4.39 Å². The zero-order valence-corrected chi connectivity index (χ0v) is 7.84. The molecule has 12 heavy (non-hydrogen) atoms. The van der Waals surface area contributed by atoms with E-state index < -0.39 is 5.82 Å². The molecule has 0 aliphatic heterocycles. The quantitative estimate of drug-likeness (QED) is 0.399. The fourth-order valence-electron chi connectivity index (χ4n) is 0.767. The van der Waals surface area contributed by atoms with Gasteiger partial charge in [0.2, 0.25) is 0 Å². The zero-order valence-electron chi connectivity index (χ0n) is 6.25. The monoisotopic (exact) mass is 229 g/mol. The summed E-state index contributed by atoms with van der Waals surface area (Å²) >= 11 is 3.16. The van der Waals surface area contributed by atoms with Crippen LogP contribution in [0, 0.1) is 12.7 Å². The Morgan fingerprint density at radius 3 is 2.83 bits per heavy atom. The highest BCUT2D eigenvalue weighted by atomic mass is 79.9. The summed E-state index contributed by atoms with van der Waals surface area (Å²) in [6, 6.07) is 2.76. The Balaban J connectivity index is 3.32. The third-order valence-electron chi connectivity index (χ3n) is 1.38. The summed E-state index contributed by atoms with van der Waals surface area (Å²) in [5.41, 5.74) is 8.94. The van der Waals surface area contributed by atoms with Gasteiger partial charge in [-0.15, -0.1) is 0 Å². The van der Waals surface area contributed by atoms with Gasteiger partial charge in [-0.3, -0.25) is 0 Å². The van der Waals surface area contributed by atoms with Gasteiger partial charge in [0.1, 0.15) is 5.82 Å². The van der Waals surface area contributed by atoms with Gasteiger partial charge in [-0.25, -0.2) is 4.39 Å². The fraction of sp³-hybridized carbons (Fsp3) is 0.143. The second kappa shape index (κ2) is 3.56. The van der Waals surface area contributed by atoms with Crippen molar-refractivity contribution in [1.29, 1.82) is 0 Å². The van der Waals surface area contributed by atoms with Crippen molar-refractivity contribution in [3.8, 4) is 0 Å². The first-order valence-corrected chi connectivity index (χ1v) is 3.95. The van der Waals surface area contributed by atoms with Crippen LogP contribution in [0.3, 0.4) is 0 Å². The number of rotatable bonds is 1. The van der Waals surface area contributed by atoms with Gasteiger partial charge in [-0.2, -0.15) is 0 Å². The summed E-state index contributed by atoms with van der Waals surface area (Å²) in [6.07, 6.45) is 0. The molecular weight excluding hydrogens is 225 g/mol. The molecule has 1 aromatic carbocycles. The molecule has 0 heterocycles. The van der Waals surface area contributed by atoms with Crippen LogP contribution in [0.4, 0.5) is 10.1 Å². The van der Waals surface area contributed by atoms with E-state index in [-0.39, 0.29) is 5.69 Å². The summed E-state index contributed by atoms with van der Waals surface area (Å²) in [5, 5.41) is 3.19. The Labute approximate surface area is 77.0 Å². The van der Waals surface area contributed by atoms with E-state index in [1.807, 2.05) is 0 Å². The number of hydrogen-bond acceptors (Lipinski definition) is 1. The van der Waals surface area contributed by atoms with Crippen molar-refractivity contribution in [2.45, 2.75) is 6.92 Å². The van der Waals surface area contributed by atoms with Crippen LogP contribution in [0.2, 0.25) is 0 Å². The minimum absolute atomic E-state index is 0.0261. The van der Waals surface area contributed by atoms with Crippen molar-refractivity contribution in [3.05, 3.63) is 38.4 Å². The molecule has 3 nitrogen and oxygen atoms in total. The Morgan fingerprint density at radius 2 is 2.25 bits per heavy atom. The van der Waals surface area contributed by atoms with Gasteiger partial charge >= 0.3 is 0 Å². The third-order valence-corrected chi connectivity index (χ3v) is 2.23. The lowest BCUT2D eigenvalue weighted by Crippen LogP contribution is -1.79. The molecule has 0 aromatic heterocycles. The fourth-order valence-corrected chi connectivity index (χ4v) is 1.08. The summed E-state index contributed by atoms with van der Waals surface area (Å²) in [5.74, 6) is -0.523. The van der Waals surface area contributed by atoms with Crippen LogP contribution in [0.5, 0.6) is 0 Å². The molecule has 0 N–H and O–H groups in total. The standard InChI is InChI=1S/C7H5BrFN3/c1-4-2-7(11-12-10)6(9)3-5(4)8/h2-3H,1H3. The van der Waals surface area contributed by atoms with E-state index in [2.05, 4.69) is 26.0 Å². The summed E-state index contributed by atoms with van der Waals surface area (Å²) < 4.78 is 13.6. The topological polar surface area (TPSA) is 48.8 Å². The first-order valence-electron chi connectivity index (χ1n) is 3.16. The van der Waals surface area contributed by atoms with E-state index in [1.165, 1.54) is 12.1 Å². The predicted octanol–water partition coefficient (Wildman–Crippen LogP) is 3.84. The van der Waals surface area contributed by atoms with E-state index in [0.717, 1.165) is 5.56 Å². The molecule has 0 saturated carbocycles.